The second-order valence-electron chi connectivity index (χ2n) is 3.00. The Labute approximate surface area is 74.4 Å². The van der Waals surface area contributed by atoms with Gasteiger partial charge in [0.2, 0.25) is 0 Å². The Balaban J connectivity index is 3.22. The van der Waals surface area contributed by atoms with Crippen molar-refractivity contribution < 1.29 is 13.2 Å². The van der Waals surface area contributed by atoms with Gasteiger partial charge >= 0.3 is 0 Å². The van der Waals surface area contributed by atoms with E-state index in [4.69, 9.17) is 5.73 Å². The quantitative estimate of drug-likeness (QED) is 0.757. The van der Waals surface area contributed by atoms with Crippen LogP contribution in [0.4, 0.5) is 13.2 Å². The third kappa shape index (κ3) is 1.83. The summed E-state index contributed by atoms with van der Waals surface area (Å²) in [5.74, 6) is -2.23. The Morgan fingerprint density at radius 1 is 1.38 bits per heavy atom. The molecule has 0 radical (unpaired) electrons. The molecule has 1 nitrogen and oxygen atoms in total. The topological polar surface area (TPSA) is 26.0 Å². The third-order valence-electron chi connectivity index (χ3n) is 1.90. The number of halogens is 3. The summed E-state index contributed by atoms with van der Waals surface area (Å²) in [6, 6.07) is 3.37. The van der Waals surface area contributed by atoms with Gasteiger partial charge in [0.05, 0.1) is 0 Å². The number of nitrogens with two attached hydrogens (primary N) is 1. The van der Waals surface area contributed by atoms with Crippen LogP contribution in [-0.2, 0) is 5.67 Å². The van der Waals surface area contributed by atoms with Gasteiger partial charge in [-0.2, -0.15) is 0 Å². The second-order valence-corrected chi connectivity index (χ2v) is 3.00. The van der Waals surface area contributed by atoms with E-state index >= 15 is 0 Å². The van der Waals surface area contributed by atoms with Crippen LogP contribution < -0.4 is 5.73 Å². The molecule has 0 amide bonds. The molecular formula is C9H10F3N. The SMILES string of the molecule is CC(F)(CN)c1cccc(F)c1F. The van der Waals surface area contributed by atoms with E-state index in [-0.39, 0.29) is 12.1 Å². The summed E-state index contributed by atoms with van der Waals surface area (Å²) >= 11 is 0. The Morgan fingerprint density at radius 2 is 2.00 bits per heavy atom. The van der Waals surface area contributed by atoms with Crippen molar-refractivity contribution in [1.82, 2.24) is 0 Å². The van der Waals surface area contributed by atoms with Gasteiger partial charge in [0, 0.05) is 12.1 Å². The van der Waals surface area contributed by atoms with Crippen molar-refractivity contribution >= 4 is 0 Å². The van der Waals surface area contributed by atoms with Gasteiger partial charge in [-0.05, 0) is 13.0 Å². The first-order valence-electron chi connectivity index (χ1n) is 3.82. The van der Waals surface area contributed by atoms with Crippen LogP contribution in [0.5, 0.6) is 0 Å². The molecule has 0 spiro atoms. The van der Waals surface area contributed by atoms with Crippen molar-refractivity contribution in [1.29, 1.82) is 0 Å². The molecule has 0 heterocycles. The maximum absolute atomic E-state index is 13.5. The molecule has 0 fully saturated rings. The first kappa shape index (κ1) is 10.1. The van der Waals surface area contributed by atoms with Crippen LogP contribution in [0.3, 0.4) is 0 Å². The summed E-state index contributed by atoms with van der Waals surface area (Å²) in [5.41, 5.74) is 2.73. The molecule has 4 heteroatoms. The highest BCUT2D eigenvalue weighted by atomic mass is 19.2. The fraction of sp³-hybridized carbons (Fsp3) is 0.333. The molecule has 0 bridgehead atoms. The summed E-state index contributed by atoms with van der Waals surface area (Å²) < 4.78 is 39.1. The van der Waals surface area contributed by atoms with Crippen molar-refractivity contribution in [2.45, 2.75) is 12.6 Å². The smallest absolute Gasteiger partial charge is 0.165 e. The van der Waals surface area contributed by atoms with Gasteiger partial charge in [0.1, 0.15) is 5.67 Å². The molecule has 0 aliphatic rings. The van der Waals surface area contributed by atoms with Gasteiger partial charge in [0.25, 0.3) is 0 Å². The van der Waals surface area contributed by atoms with Crippen LogP contribution in [0.15, 0.2) is 18.2 Å². The molecule has 0 aliphatic heterocycles. The van der Waals surface area contributed by atoms with Gasteiger partial charge < -0.3 is 5.73 Å². The molecule has 0 aromatic heterocycles. The summed E-state index contributed by atoms with van der Waals surface area (Å²) in [7, 11) is 0. The monoisotopic (exact) mass is 189 g/mol. The lowest BCUT2D eigenvalue weighted by molar-refractivity contribution is 0.194. The number of hydrogen-bond donors (Lipinski definition) is 1. The molecule has 72 valence electrons. The largest absolute Gasteiger partial charge is 0.327 e. The first-order valence-corrected chi connectivity index (χ1v) is 3.82. The number of hydrogen-bond acceptors (Lipinski definition) is 1. The Morgan fingerprint density at radius 3 is 2.54 bits per heavy atom. The summed E-state index contributed by atoms with van der Waals surface area (Å²) in [6.45, 7) is 0.734. The molecule has 0 saturated carbocycles. The highest BCUT2D eigenvalue weighted by molar-refractivity contribution is 5.25. The van der Waals surface area contributed by atoms with Gasteiger partial charge in [-0.25, -0.2) is 13.2 Å². The van der Waals surface area contributed by atoms with Crippen LogP contribution in [0.2, 0.25) is 0 Å². The van der Waals surface area contributed by atoms with Crippen LogP contribution in [0.1, 0.15) is 12.5 Å². The minimum Gasteiger partial charge on any atom is -0.327 e. The summed E-state index contributed by atoms with van der Waals surface area (Å²) in [6.07, 6.45) is 0. The number of benzene rings is 1. The lowest BCUT2D eigenvalue weighted by Gasteiger charge is -2.18. The normalized spacial score (nSPS) is 15.5. The highest BCUT2D eigenvalue weighted by Crippen LogP contribution is 2.27. The van der Waals surface area contributed by atoms with E-state index in [2.05, 4.69) is 0 Å². The average Bonchev–Trinajstić information content (AvgIpc) is 2.09. The van der Waals surface area contributed by atoms with Crippen LogP contribution in [-0.4, -0.2) is 6.54 Å². The lowest BCUT2D eigenvalue weighted by Crippen LogP contribution is -2.28. The van der Waals surface area contributed by atoms with Gasteiger partial charge in [-0.1, -0.05) is 12.1 Å². The lowest BCUT2D eigenvalue weighted by atomic mass is 9.97. The Kier molecular flexibility index (Phi) is 2.61. The van der Waals surface area contributed by atoms with Crippen molar-refractivity contribution in [2.24, 2.45) is 5.73 Å². The maximum Gasteiger partial charge on any atom is 0.165 e. The molecule has 13 heavy (non-hydrogen) atoms. The Bertz CT molecular complexity index is 310. The van der Waals surface area contributed by atoms with Gasteiger partial charge in [0.15, 0.2) is 11.6 Å². The molecular weight excluding hydrogens is 179 g/mol. The van der Waals surface area contributed by atoms with E-state index in [0.29, 0.717) is 0 Å². The summed E-state index contributed by atoms with van der Waals surface area (Å²) in [4.78, 5) is 0. The molecule has 0 aliphatic carbocycles. The summed E-state index contributed by atoms with van der Waals surface area (Å²) in [5, 5.41) is 0. The molecule has 2 N–H and O–H groups in total. The van der Waals surface area contributed by atoms with E-state index in [0.717, 1.165) is 13.0 Å². The Hall–Kier alpha value is -1.03. The molecule has 0 saturated heterocycles. The fourth-order valence-electron chi connectivity index (χ4n) is 1.02. The molecule has 1 unspecified atom stereocenters. The van der Waals surface area contributed by atoms with Crippen molar-refractivity contribution in [2.75, 3.05) is 6.54 Å². The van der Waals surface area contributed by atoms with Gasteiger partial charge in [-0.3, -0.25) is 0 Å². The van der Waals surface area contributed by atoms with E-state index in [1.54, 1.807) is 0 Å². The van der Waals surface area contributed by atoms with Gasteiger partial charge in [-0.15, -0.1) is 0 Å². The zero-order valence-corrected chi connectivity index (χ0v) is 7.15. The second kappa shape index (κ2) is 3.38. The molecule has 1 atom stereocenters. The van der Waals surface area contributed by atoms with Crippen molar-refractivity contribution in [3.8, 4) is 0 Å². The zero-order valence-electron chi connectivity index (χ0n) is 7.15. The van der Waals surface area contributed by atoms with E-state index in [1.165, 1.54) is 12.1 Å². The van der Waals surface area contributed by atoms with E-state index < -0.39 is 17.3 Å². The standard InChI is InChI=1S/C9H10F3N/c1-9(12,5-13)6-3-2-4-7(10)8(6)11/h2-4H,5,13H2,1H3. The minimum atomic E-state index is -2.02. The third-order valence-corrected chi connectivity index (χ3v) is 1.90. The average molecular weight is 189 g/mol. The number of rotatable bonds is 2. The van der Waals surface area contributed by atoms with Crippen LogP contribution in [0, 0.1) is 11.6 Å². The van der Waals surface area contributed by atoms with Crippen LogP contribution >= 0.6 is 0 Å². The van der Waals surface area contributed by atoms with Crippen LogP contribution in [0.25, 0.3) is 0 Å². The predicted molar refractivity (Wildman–Crippen MR) is 43.9 cm³/mol. The predicted octanol–water partition coefficient (Wildman–Crippen LogP) is 2.11. The molecule has 1 aromatic rings. The minimum absolute atomic E-state index is 0.338. The van der Waals surface area contributed by atoms with E-state index in [9.17, 15) is 13.2 Å². The molecule has 1 aromatic carbocycles. The first-order chi connectivity index (χ1) is 5.99. The van der Waals surface area contributed by atoms with E-state index in [1.807, 2.05) is 0 Å². The fourth-order valence-corrected chi connectivity index (χ4v) is 1.02. The molecule has 1 rings (SSSR count). The van der Waals surface area contributed by atoms with Crippen molar-refractivity contribution in [3.63, 3.8) is 0 Å². The van der Waals surface area contributed by atoms with Crippen molar-refractivity contribution in [3.05, 3.63) is 35.4 Å². The zero-order chi connectivity index (χ0) is 10.1. The highest BCUT2D eigenvalue weighted by Gasteiger charge is 2.28. The number of alkyl halides is 1. The maximum atomic E-state index is 13.5.